The SMILES string of the molecule is CCC1NC(=O)CC12CCC(C)c1ccccc12. The van der Waals surface area contributed by atoms with Gasteiger partial charge in [0.2, 0.25) is 5.91 Å². The number of rotatable bonds is 1. The average molecular weight is 243 g/mol. The summed E-state index contributed by atoms with van der Waals surface area (Å²) in [6, 6.07) is 9.05. The topological polar surface area (TPSA) is 29.1 Å². The summed E-state index contributed by atoms with van der Waals surface area (Å²) in [7, 11) is 0. The smallest absolute Gasteiger partial charge is 0.221 e. The maximum Gasteiger partial charge on any atom is 0.221 e. The summed E-state index contributed by atoms with van der Waals surface area (Å²) in [6.07, 6.45) is 4.04. The molecule has 1 aliphatic carbocycles. The Hall–Kier alpha value is -1.31. The van der Waals surface area contributed by atoms with Crippen molar-refractivity contribution in [2.24, 2.45) is 0 Å². The molecule has 1 aliphatic heterocycles. The zero-order valence-corrected chi connectivity index (χ0v) is 11.2. The first-order valence-electron chi connectivity index (χ1n) is 7.06. The first kappa shape index (κ1) is 11.8. The summed E-state index contributed by atoms with van der Waals surface area (Å²) in [5, 5.41) is 3.18. The number of hydrogen-bond acceptors (Lipinski definition) is 1. The Morgan fingerprint density at radius 1 is 1.39 bits per heavy atom. The van der Waals surface area contributed by atoms with Gasteiger partial charge < -0.3 is 5.32 Å². The van der Waals surface area contributed by atoms with Crippen LogP contribution in [-0.4, -0.2) is 11.9 Å². The van der Waals surface area contributed by atoms with Gasteiger partial charge in [0.15, 0.2) is 0 Å². The maximum atomic E-state index is 11.9. The van der Waals surface area contributed by atoms with Gasteiger partial charge >= 0.3 is 0 Å². The molecule has 1 spiro atoms. The van der Waals surface area contributed by atoms with Gasteiger partial charge in [-0.3, -0.25) is 4.79 Å². The van der Waals surface area contributed by atoms with E-state index < -0.39 is 0 Å². The first-order valence-corrected chi connectivity index (χ1v) is 7.06. The van der Waals surface area contributed by atoms with Crippen LogP contribution in [0.2, 0.25) is 0 Å². The van der Waals surface area contributed by atoms with Gasteiger partial charge in [-0.2, -0.15) is 0 Å². The van der Waals surface area contributed by atoms with Crippen LogP contribution in [0, 0.1) is 0 Å². The van der Waals surface area contributed by atoms with Gasteiger partial charge in [0.05, 0.1) is 0 Å². The van der Waals surface area contributed by atoms with Crippen molar-refractivity contribution in [3.8, 4) is 0 Å². The highest BCUT2D eigenvalue weighted by Gasteiger charge is 2.49. The molecule has 0 bridgehead atoms. The molecule has 0 radical (unpaired) electrons. The third-order valence-electron chi connectivity index (χ3n) is 4.94. The molecule has 1 amide bonds. The van der Waals surface area contributed by atoms with Crippen molar-refractivity contribution in [2.45, 2.75) is 56.9 Å². The minimum atomic E-state index is 0.0644. The van der Waals surface area contributed by atoms with Crippen LogP contribution < -0.4 is 5.32 Å². The Labute approximate surface area is 109 Å². The monoisotopic (exact) mass is 243 g/mol. The van der Waals surface area contributed by atoms with Crippen molar-refractivity contribution in [3.05, 3.63) is 35.4 Å². The van der Waals surface area contributed by atoms with E-state index in [2.05, 4.69) is 43.4 Å². The van der Waals surface area contributed by atoms with Crippen molar-refractivity contribution in [3.63, 3.8) is 0 Å². The molecular weight excluding hydrogens is 222 g/mol. The average Bonchev–Trinajstić information content (AvgIpc) is 2.72. The van der Waals surface area contributed by atoms with Crippen LogP contribution >= 0.6 is 0 Å². The zero-order valence-electron chi connectivity index (χ0n) is 11.2. The van der Waals surface area contributed by atoms with Crippen LogP contribution in [0.5, 0.6) is 0 Å². The number of benzene rings is 1. The molecule has 1 aromatic rings. The number of nitrogens with one attached hydrogen (secondary N) is 1. The molecule has 1 heterocycles. The van der Waals surface area contributed by atoms with Gasteiger partial charge in [-0.25, -0.2) is 0 Å². The lowest BCUT2D eigenvalue weighted by Crippen LogP contribution is -2.42. The van der Waals surface area contributed by atoms with E-state index in [1.807, 2.05) is 0 Å². The van der Waals surface area contributed by atoms with Crippen molar-refractivity contribution in [1.29, 1.82) is 0 Å². The summed E-state index contributed by atoms with van der Waals surface area (Å²) >= 11 is 0. The maximum absolute atomic E-state index is 11.9. The van der Waals surface area contributed by atoms with Crippen molar-refractivity contribution in [2.75, 3.05) is 0 Å². The summed E-state index contributed by atoms with van der Waals surface area (Å²) in [5.41, 5.74) is 2.95. The standard InChI is InChI=1S/C16H21NO/c1-3-14-16(10-15(18)17-14)9-8-11(2)12-6-4-5-7-13(12)16/h4-7,11,14H,3,8-10H2,1-2H3,(H,17,18). The molecular formula is C16H21NO. The van der Waals surface area contributed by atoms with Gasteiger partial charge in [0, 0.05) is 17.9 Å². The molecule has 0 saturated carbocycles. The molecule has 18 heavy (non-hydrogen) atoms. The van der Waals surface area contributed by atoms with Crippen LogP contribution in [-0.2, 0) is 10.2 Å². The highest BCUT2D eigenvalue weighted by molar-refractivity contribution is 5.82. The number of amides is 1. The highest BCUT2D eigenvalue weighted by atomic mass is 16.2. The van der Waals surface area contributed by atoms with Crippen LogP contribution in [0.1, 0.15) is 56.6 Å². The van der Waals surface area contributed by atoms with E-state index in [0.29, 0.717) is 18.4 Å². The Balaban J connectivity index is 2.14. The lowest BCUT2D eigenvalue weighted by atomic mass is 9.63. The highest BCUT2D eigenvalue weighted by Crippen LogP contribution is 2.49. The van der Waals surface area contributed by atoms with E-state index in [9.17, 15) is 4.79 Å². The number of carbonyl (C=O) groups is 1. The second kappa shape index (κ2) is 4.11. The van der Waals surface area contributed by atoms with Gasteiger partial charge in [-0.1, -0.05) is 38.1 Å². The molecule has 1 saturated heterocycles. The van der Waals surface area contributed by atoms with Crippen LogP contribution in [0.15, 0.2) is 24.3 Å². The van der Waals surface area contributed by atoms with Gasteiger partial charge in [0.1, 0.15) is 0 Å². The minimum absolute atomic E-state index is 0.0644. The Morgan fingerprint density at radius 3 is 2.94 bits per heavy atom. The molecule has 2 aliphatic rings. The Morgan fingerprint density at radius 2 is 2.17 bits per heavy atom. The summed E-state index contributed by atoms with van der Waals surface area (Å²) in [6.45, 7) is 4.48. The van der Waals surface area contributed by atoms with Crippen LogP contribution in [0.4, 0.5) is 0 Å². The predicted molar refractivity (Wildman–Crippen MR) is 72.6 cm³/mol. The van der Waals surface area contributed by atoms with Crippen molar-refractivity contribution >= 4 is 5.91 Å². The molecule has 3 rings (SSSR count). The van der Waals surface area contributed by atoms with Crippen molar-refractivity contribution in [1.82, 2.24) is 5.32 Å². The van der Waals surface area contributed by atoms with E-state index in [1.165, 1.54) is 17.5 Å². The molecule has 96 valence electrons. The van der Waals surface area contributed by atoms with Gasteiger partial charge in [-0.05, 0) is 36.3 Å². The van der Waals surface area contributed by atoms with Gasteiger partial charge in [-0.15, -0.1) is 0 Å². The number of carbonyl (C=O) groups excluding carboxylic acids is 1. The second-order valence-corrected chi connectivity index (χ2v) is 5.89. The van der Waals surface area contributed by atoms with E-state index in [-0.39, 0.29) is 11.3 Å². The molecule has 2 nitrogen and oxygen atoms in total. The quantitative estimate of drug-likeness (QED) is 0.806. The van der Waals surface area contributed by atoms with Crippen LogP contribution in [0.3, 0.4) is 0 Å². The summed E-state index contributed by atoms with van der Waals surface area (Å²) < 4.78 is 0. The lowest BCUT2D eigenvalue weighted by Gasteiger charge is -2.41. The molecule has 3 atom stereocenters. The third-order valence-corrected chi connectivity index (χ3v) is 4.94. The number of hydrogen-bond donors (Lipinski definition) is 1. The van der Waals surface area contributed by atoms with E-state index in [4.69, 9.17) is 0 Å². The molecule has 3 unspecified atom stereocenters. The summed E-state index contributed by atoms with van der Waals surface area (Å²) in [5.74, 6) is 0.853. The molecule has 0 aromatic heterocycles. The molecule has 2 heteroatoms. The van der Waals surface area contributed by atoms with Crippen LogP contribution in [0.25, 0.3) is 0 Å². The van der Waals surface area contributed by atoms with Gasteiger partial charge in [0.25, 0.3) is 0 Å². The fourth-order valence-corrected chi connectivity index (χ4v) is 3.98. The Bertz CT molecular complexity index is 482. The largest absolute Gasteiger partial charge is 0.352 e. The normalized spacial score (nSPS) is 34.4. The fourth-order valence-electron chi connectivity index (χ4n) is 3.98. The Kier molecular flexibility index (Phi) is 2.69. The second-order valence-electron chi connectivity index (χ2n) is 5.89. The van der Waals surface area contributed by atoms with Crippen molar-refractivity contribution < 1.29 is 4.79 Å². The summed E-state index contributed by atoms with van der Waals surface area (Å²) in [4.78, 5) is 11.9. The van der Waals surface area contributed by atoms with E-state index in [0.717, 1.165) is 12.8 Å². The zero-order chi connectivity index (χ0) is 12.8. The minimum Gasteiger partial charge on any atom is -0.352 e. The predicted octanol–water partition coefficient (Wildman–Crippen LogP) is 3.12. The first-order chi connectivity index (χ1) is 8.67. The number of fused-ring (bicyclic) bond motifs is 2. The van der Waals surface area contributed by atoms with E-state index in [1.54, 1.807) is 0 Å². The van der Waals surface area contributed by atoms with E-state index >= 15 is 0 Å². The molecule has 1 aromatic carbocycles. The lowest BCUT2D eigenvalue weighted by molar-refractivity contribution is -0.119. The molecule has 1 fully saturated rings. The fraction of sp³-hybridized carbons (Fsp3) is 0.562. The third kappa shape index (κ3) is 1.51. The molecule has 1 N–H and O–H groups in total.